The SMILES string of the molecule is CCN(CC(=O)Nc1cccc(C(=O)N(C)C)c1)Cc1cccc(Cl)c1. The summed E-state index contributed by atoms with van der Waals surface area (Å²) in [5, 5.41) is 3.55. The van der Waals surface area contributed by atoms with Crippen molar-refractivity contribution in [2.24, 2.45) is 0 Å². The number of carbonyl (C=O) groups excluding carboxylic acids is 2. The zero-order chi connectivity index (χ0) is 19.1. The van der Waals surface area contributed by atoms with E-state index >= 15 is 0 Å². The Labute approximate surface area is 159 Å². The van der Waals surface area contributed by atoms with E-state index in [9.17, 15) is 9.59 Å². The number of anilines is 1. The molecule has 0 spiro atoms. The van der Waals surface area contributed by atoms with Gasteiger partial charge in [0.1, 0.15) is 0 Å². The minimum atomic E-state index is -0.122. The molecule has 2 aromatic carbocycles. The highest BCUT2D eigenvalue weighted by Gasteiger charge is 2.12. The van der Waals surface area contributed by atoms with E-state index in [4.69, 9.17) is 11.6 Å². The first-order chi connectivity index (χ1) is 12.4. The van der Waals surface area contributed by atoms with Crippen molar-refractivity contribution in [1.29, 1.82) is 0 Å². The Balaban J connectivity index is 1.98. The predicted octanol–water partition coefficient (Wildman–Crippen LogP) is 3.50. The lowest BCUT2D eigenvalue weighted by molar-refractivity contribution is -0.117. The Kier molecular flexibility index (Phi) is 7.18. The fourth-order valence-corrected chi connectivity index (χ4v) is 2.78. The molecule has 0 aromatic heterocycles. The Bertz CT molecular complexity index is 777. The van der Waals surface area contributed by atoms with Crippen LogP contribution in [0, 0.1) is 0 Å². The van der Waals surface area contributed by atoms with E-state index in [2.05, 4.69) is 5.32 Å². The van der Waals surface area contributed by atoms with Crippen molar-refractivity contribution < 1.29 is 9.59 Å². The summed E-state index contributed by atoms with van der Waals surface area (Å²) < 4.78 is 0. The van der Waals surface area contributed by atoms with Gasteiger partial charge >= 0.3 is 0 Å². The minimum absolute atomic E-state index is 0.0998. The van der Waals surface area contributed by atoms with Gasteiger partial charge in [0, 0.05) is 36.9 Å². The van der Waals surface area contributed by atoms with Gasteiger partial charge in [-0.25, -0.2) is 0 Å². The van der Waals surface area contributed by atoms with Crippen LogP contribution in [0.4, 0.5) is 5.69 Å². The molecule has 0 fully saturated rings. The average molecular weight is 374 g/mol. The van der Waals surface area contributed by atoms with Gasteiger partial charge in [-0.2, -0.15) is 0 Å². The minimum Gasteiger partial charge on any atom is -0.345 e. The number of carbonyl (C=O) groups is 2. The van der Waals surface area contributed by atoms with Crippen LogP contribution in [0.2, 0.25) is 5.02 Å². The zero-order valence-corrected chi connectivity index (χ0v) is 16.1. The van der Waals surface area contributed by atoms with E-state index in [1.807, 2.05) is 36.1 Å². The average Bonchev–Trinajstić information content (AvgIpc) is 2.60. The number of rotatable bonds is 7. The van der Waals surface area contributed by atoms with Gasteiger partial charge in [-0.15, -0.1) is 0 Å². The molecule has 5 nitrogen and oxygen atoms in total. The van der Waals surface area contributed by atoms with Gasteiger partial charge in [0.05, 0.1) is 6.54 Å². The van der Waals surface area contributed by atoms with E-state index in [1.54, 1.807) is 38.4 Å². The smallest absolute Gasteiger partial charge is 0.253 e. The van der Waals surface area contributed by atoms with Crippen LogP contribution in [0.1, 0.15) is 22.8 Å². The monoisotopic (exact) mass is 373 g/mol. The maximum atomic E-state index is 12.4. The number of halogens is 1. The van der Waals surface area contributed by atoms with E-state index in [0.29, 0.717) is 22.8 Å². The van der Waals surface area contributed by atoms with E-state index < -0.39 is 0 Å². The van der Waals surface area contributed by atoms with Gasteiger partial charge < -0.3 is 10.2 Å². The second kappa shape index (κ2) is 9.36. The van der Waals surface area contributed by atoms with Gasteiger partial charge in [-0.3, -0.25) is 14.5 Å². The van der Waals surface area contributed by atoms with Crippen molar-refractivity contribution in [3.05, 3.63) is 64.7 Å². The lowest BCUT2D eigenvalue weighted by Gasteiger charge is -2.20. The van der Waals surface area contributed by atoms with E-state index in [0.717, 1.165) is 12.1 Å². The fourth-order valence-electron chi connectivity index (χ4n) is 2.56. The third-order valence-corrected chi connectivity index (χ3v) is 4.14. The molecule has 0 atom stereocenters. The molecule has 0 aliphatic rings. The molecule has 6 heteroatoms. The maximum absolute atomic E-state index is 12.4. The fraction of sp³-hybridized carbons (Fsp3) is 0.300. The molecular weight excluding hydrogens is 350 g/mol. The third-order valence-electron chi connectivity index (χ3n) is 3.91. The first kappa shape index (κ1) is 19.9. The Morgan fingerprint density at radius 3 is 2.46 bits per heavy atom. The molecule has 0 unspecified atom stereocenters. The molecule has 0 aliphatic carbocycles. The number of hydrogen-bond acceptors (Lipinski definition) is 3. The normalized spacial score (nSPS) is 10.7. The Morgan fingerprint density at radius 1 is 1.08 bits per heavy atom. The zero-order valence-electron chi connectivity index (χ0n) is 15.3. The van der Waals surface area contributed by atoms with Crippen LogP contribution < -0.4 is 5.32 Å². The van der Waals surface area contributed by atoms with Gasteiger partial charge in [0.25, 0.3) is 5.91 Å². The lowest BCUT2D eigenvalue weighted by Crippen LogP contribution is -2.32. The Hall–Kier alpha value is -2.37. The van der Waals surface area contributed by atoms with Crippen LogP contribution in [-0.2, 0) is 11.3 Å². The Morgan fingerprint density at radius 2 is 1.81 bits per heavy atom. The number of nitrogens with one attached hydrogen (secondary N) is 1. The molecule has 26 heavy (non-hydrogen) atoms. The second-order valence-corrected chi connectivity index (χ2v) is 6.70. The second-order valence-electron chi connectivity index (χ2n) is 6.26. The summed E-state index contributed by atoms with van der Waals surface area (Å²) in [6, 6.07) is 14.6. The summed E-state index contributed by atoms with van der Waals surface area (Å²) in [4.78, 5) is 27.9. The highest BCUT2D eigenvalue weighted by atomic mass is 35.5. The van der Waals surface area contributed by atoms with Crippen LogP contribution in [0.3, 0.4) is 0 Å². The van der Waals surface area contributed by atoms with Crippen LogP contribution in [0.15, 0.2) is 48.5 Å². The van der Waals surface area contributed by atoms with Crippen LogP contribution >= 0.6 is 11.6 Å². The van der Waals surface area contributed by atoms with Gasteiger partial charge in [-0.1, -0.05) is 36.7 Å². The molecule has 0 heterocycles. The van der Waals surface area contributed by atoms with Gasteiger partial charge in [-0.05, 0) is 42.4 Å². The van der Waals surface area contributed by atoms with Gasteiger partial charge in [0.15, 0.2) is 0 Å². The van der Waals surface area contributed by atoms with Crippen LogP contribution in [0.5, 0.6) is 0 Å². The molecule has 2 aromatic rings. The largest absolute Gasteiger partial charge is 0.345 e. The van der Waals surface area contributed by atoms with Crippen molar-refractivity contribution in [2.75, 3.05) is 32.5 Å². The molecule has 0 aliphatic heterocycles. The van der Waals surface area contributed by atoms with E-state index in [-0.39, 0.29) is 18.4 Å². The van der Waals surface area contributed by atoms with Crippen molar-refractivity contribution >= 4 is 29.1 Å². The maximum Gasteiger partial charge on any atom is 0.253 e. The molecular formula is C20H24ClN3O2. The molecule has 138 valence electrons. The molecule has 0 bridgehead atoms. The van der Waals surface area contributed by atoms with Crippen LogP contribution in [-0.4, -0.2) is 48.8 Å². The molecule has 0 saturated carbocycles. The first-order valence-corrected chi connectivity index (χ1v) is 8.85. The standard InChI is InChI=1S/C20H24ClN3O2/c1-4-24(13-15-7-5-9-17(21)11-15)14-19(25)22-18-10-6-8-16(12-18)20(26)23(2)3/h5-12H,4,13-14H2,1-3H3,(H,22,25). The molecule has 2 amide bonds. The lowest BCUT2D eigenvalue weighted by atomic mass is 10.2. The molecule has 1 N–H and O–H groups in total. The van der Waals surface area contributed by atoms with Crippen molar-refractivity contribution in [2.45, 2.75) is 13.5 Å². The summed E-state index contributed by atoms with van der Waals surface area (Å²) in [7, 11) is 3.39. The van der Waals surface area contributed by atoms with Crippen molar-refractivity contribution in [3.63, 3.8) is 0 Å². The number of hydrogen-bond donors (Lipinski definition) is 1. The van der Waals surface area contributed by atoms with Crippen molar-refractivity contribution in [1.82, 2.24) is 9.80 Å². The van der Waals surface area contributed by atoms with Crippen LogP contribution in [0.25, 0.3) is 0 Å². The van der Waals surface area contributed by atoms with Gasteiger partial charge in [0.2, 0.25) is 5.91 Å². The molecule has 0 radical (unpaired) electrons. The highest BCUT2D eigenvalue weighted by Crippen LogP contribution is 2.14. The molecule has 0 saturated heterocycles. The quantitative estimate of drug-likeness (QED) is 0.808. The van der Waals surface area contributed by atoms with Crippen molar-refractivity contribution in [3.8, 4) is 0 Å². The summed E-state index contributed by atoms with van der Waals surface area (Å²) >= 11 is 6.02. The number of nitrogens with zero attached hydrogens (tertiary/aromatic N) is 2. The third kappa shape index (κ3) is 5.86. The number of likely N-dealkylation sites (N-methyl/N-ethyl adjacent to an activating group) is 1. The van der Waals surface area contributed by atoms with E-state index in [1.165, 1.54) is 4.90 Å². The summed E-state index contributed by atoms with van der Waals surface area (Å²) in [5.41, 5.74) is 2.21. The summed E-state index contributed by atoms with van der Waals surface area (Å²) in [6.07, 6.45) is 0. The number of amides is 2. The summed E-state index contributed by atoms with van der Waals surface area (Å²) in [5.74, 6) is -0.222. The summed E-state index contributed by atoms with van der Waals surface area (Å²) in [6.45, 7) is 3.64. The number of benzene rings is 2. The highest BCUT2D eigenvalue weighted by molar-refractivity contribution is 6.30. The predicted molar refractivity (Wildman–Crippen MR) is 105 cm³/mol. The molecule has 2 rings (SSSR count). The first-order valence-electron chi connectivity index (χ1n) is 8.47. The topological polar surface area (TPSA) is 52.7 Å².